The van der Waals surface area contributed by atoms with Gasteiger partial charge < -0.3 is 19.3 Å². The van der Waals surface area contributed by atoms with Crippen molar-refractivity contribution in [1.29, 1.82) is 0 Å². The number of carbonyl (C=O) groups excluding carboxylic acids is 1. The van der Waals surface area contributed by atoms with Crippen molar-refractivity contribution in [3.8, 4) is 11.5 Å². The summed E-state index contributed by atoms with van der Waals surface area (Å²) < 4.78 is 17.8. The zero-order chi connectivity index (χ0) is 26.3. The summed E-state index contributed by atoms with van der Waals surface area (Å²) in [6.07, 6.45) is 14.3. The number of benzene rings is 1. The van der Waals surface area contributed by atoms with Gasteiger partial charge in [-0.3, -0.25) is 4.90 Å². The van der Waals surface area contributed by atoms with Gasteiger partial charge in [0.15, 0.2) is 11.5 Å². The molecular weight excluding hydrogens is 478 g/mol. The topological polar surface area (TPSA) is 68.2 Å². The van der Waals surface area contributed by atoms with Crippen molar-refractivity contribution in [3.63, 3.8) is 0 Å². The van der Waals surface area contributed by atoms with E-state index >= 15 is 0 Å². The number of rotatable bonds is 12. The second-order valence-electron chi connectivity index (χ2n) is 12.6. The maximum absolute atomic E-state index is 12.6. The van der Waals surface area contributed by atoms with Crippen molar-refractivity contribution in [1.82, 2.24) is 4.90 Å². The number of hydrogen-bond acceptors (Lipinski definition) is 6. The van der Waals surface area contributed by atoms with Crippen LogP contribution in [-0.2, 0) is 16.6 Å². The molecule has 2 saturated carbocycles. The summed E-state index contributed by atoms with van der Waals surface area (Å²) in [5.41, 5.74) is 1.93. The van der Waals surface area contributed by atoms with Crippen LogP contribution >= 0.6 is 0 Å². The number of unbranched alkanes of at least 4 members (excludes halogenated alkanes) is 7. The molecule has 2 heterocycles. The maximum atomic E-state index is 12.6. The van der Waals surface area contributed by atoms with Crippen molar-refractivity contribution < 1.29 is 24.1 Å². The van der Waals surface area contributed by atoms with Crippen LogP contribution in [0.5, 0.6) is 11.5 Å². The molecule has 2 aliphatic heterocycles. The number of likely N-dealkylation sites (tertiary alicyclic amines) is 1. The summed E-state index contributed by atoms with van der Waals surface area (Å²) in [5, 5.41) is 12.5. The van der Waals surface area contributed by atoms with E-state index in [4.69, 9.17) is 14.2 Å². The fourth-order valence-electron chi connectivity index (χ4n) is 7.97. The number of nitrogens with zero attached hydrogens (tertiary/aromatic N) is 1. The van der Waals surface area contributed by atoms with Crippen molar-refractivity contribution in [3.05, 3.63) is 35.4 Å². The number of carbonyl (C=O) groups is 1. The molecule has 0 amide bonds. The molecule has 3 aliphatic carbocycles. The molecular formula is C32H45NO5. The SMILES string of the molecule is C=C1CC[C@@]2(O)C3Cc4ccc(OC(=O)OCCCCCCCCCC)c5c4[C@@]2(CCN3CC2CC2)[C@H]1O5. The molecule has 2 bridgehead atoms. The van der Waals surface area contributed by atoms with E-state index in [2.05, 4.69) is 24.5 Å². The van der Waals surface area contributed by atoms with Crippen LogP contribution in [-0.4, -0.2) is 53.6 Å². The Morgan fingerprint density at radius 1 is 1.13 bits per heavy atom. The highest BCUT2D eigenvalue weighted by Gasteiger charge is 2.72. The summed E-state index contributed by atoms with van der Waals surface area (Å²) in [4.78, 5) is 15.2. The van der Waals surface area contributed by atoms with Crippen molar-refractivity contribution >= 4 is 6.16 Å². The number of hydrogen-bond donors (Lipinski definition) is 1. The van der Waals surface area contributed by atoms with Gasteiger partial charge in [-0.25, -0.2) is 4.79 Å². The Morgan fingerprint density at radius 2 is 1.89 bits per heavy atom. The molecule has 208 valence electrons. The third kappa shape index (κ3) is 4.36. The minimum absolute atomic E-state index is 0.0953. The smallest absolute Gasteiger partial charge is 0.481 e. The van der Waals surface area contributed by atoms with Crippen LogP contribution in [0.4, 0.5) is 4.79 Å². The third-order valence-electron chi connectivity index (χ3n) is 10.1. The first-order valence-corrected chi connectivity index (χ1v) is 15.3. The zero-order valence-electron chi connectivity index (χ0n) is 23.1. The standard InChI is InChI=1S/C32H45NO5/c1-3-4-5-6-7-8-9-10-19-36-30(34)37-25-14-13-24-20-26-32(35)16-15-22(2)29-31(32,27(24)28(25)38-29)17-18-33(26)21-23-11-12-23/h13-14,23,26,29,35H,2-12,15-21H2,1H3/t26?,29-,31-,32+/m0/s1. The molecule has 1 unspecified atom stereocenters. The van der Waals surface area contributed by atoms with Crippen LogP contribution in [0.2, 0.25) is 0 Å². The molecule has 6 nitrogen and oxygen atoms in total. The number of piperidine rings is 1. The summed E-state index contributed by atoms with van der Waals surface area (Å²) in [7, 11) is 0. The Balaban J connectivity index is 1.15. The predicted molar refractivity (Wildman–Crippen MR) is 147 cm³/mol. The Bertz CT molecular complexity index is 1070. The van der Waals surface area contributed by atoms with Gasteiger partial charge in [0.1, 0.15) is 6.10 Å². The van der Waals surface area contributed by atoms with Crippen LogP contribution in [0.25, 0.3) is 0 Å². The second-order valence-corrected chi connectivity index (χ2v) is 12.6. The molecule has 1 aromatic rings. The molecule has 3 fully saturated rings. The average Bonchev–Trinajstić information content (AvgIpc) is 3.64. The Labute approximate surface area is 227 Å². The van der Waals surface area contributed by atoms with Gasteiger partial charge in [-0.15, -0.1) is 0 Å². The highest BCUT2D eigenvalue weighted by molar-refractivity contribution is 5.70. The highest BCUT2D eigenvalue weighted by atomic mass is 16.7. The van der Waals surface area contributed by atoms with Gasteiger partial charge in [-0.2, -0.15) is 0 Å². The van der Waals surface area contributed by atoms with E-state index in [9.17, 15) is 9.90 Å². The molecule has 0 radical (unpaired) electrons. The van der Waals surface area contributed by atoms with E-state index < -0.39 is 17.2 Å². The van der Waals surface area contributed by atoms with Crippen molar-refractivity contribution in [2.75, 3.05) is 19.7 Å². The van der Waals surface area contributed by atoms with E-state index in [1.807, 2.05) is 6.07 Å². The summed E-state index contributed by atoms with van der Waals surface area (Å²) in [6, 6.07) is 4.03. The lowest BCUT2D eigenvalue weighted by atomic mass is 9.48. The average molecular weight is 524 g/mol. The largest absolute Gasteiger partial charge is 0.513 e. The molecule has 5 aliphatic rings. The van der Waals surface area contributed by atoms with Gasteiger partial charge >= 0.3 is 6.16 Å². The van der Waals surface area contributed by atoms with Crippen LogP contribution in [0.15, 0.2) is 24.3 Å². The molecule has 1 saturated heterocycles. The van der Waals surface area contributed by atoms with E-state index in [1.54, 1.807) is 0 Å². The number of ether oxygens (including phenoxy) is 3. The lowest BCUT2D eigenvalue weighted by Gasteiger charge is -2.63. The van der Waals surface area contributed by atoms with Crippen molar-refractivity contribution in [2.24, 2.45) is 5.92 Å². The van der Waals surface area contributed by atoms with Crippen LogP contribution in [0.1, 0.15) is 102 Å². The predicted octanol–water partition coefficient (Wildman–Crippen LogP) is 6.46. The Morgan fingerprint density at radius 3 is 2.66 bits per heavy atom. The van der Waals surface area contributed by atoms with Crippen LogP contribution in [0, 0.1) is 5.92 Å². The fourth-order valence-corrected chi connectivity index (χ4v) is 7.97. The second kappa shape index (κ2) is 10.5. The summed E-state index contributed by atoms with van der Waals surface area (Å²) in [6.45, 7) is 9.02. The fraction of sp³-hybridized carbons (Fsp3) is 0.719. The molecule has 4 atom stereocenters. The van der Waals surface area contributed by atoms with Gasteiger partial charge in [0.2, 0.25) is 0 Å². The number of aliphatic hydroxyl groups is 1. The molecule has 0 aromatic heterocycles. The maximum Gasteiger partial charge on any atom is 0.513 e. The molecule has 6 rings (SSSR count). The van der Waals surface area contributed by atoms with Crippen LogP contribution in [0.3, 0.4) is 0 Å². The van der Waals surface area contributed by atoms with E-state index in [1.165, 1.54) is 56.9 Å². The molecule has 38 heavy (non-hydrogen) atoms. The van der Waals surface area contributed by atoms with Gasteiger partial charge in [-0.1, -0.05) is 64.5 Å². The Kier molecular flexibility index (Phi) is 7.23. The van der Waals surface area contributed by atoms with Crippen molar-refractivity contribution in [2.45, 2.75) is 120 Å². The zero-order valence-corrected chi connectivity index (χ0v) is 23.1. The first kappa shape index (κ1) is 26.2. The first-order chi connectivity index (χ1) is 18.5. The van der Waals surface area contributed by atoms with Crippen LogP contribution < -0.4 is 9.47 Å². The molecule has 1 spiro atoms. The third-order valence-corrected chi connectivity index (χ3v) is 10.1. The van der Waals surface area contributed by atoms with E-state index in [0.29, 0.717) is 24.5 Å². The normalized spacial score (nSPS) is 31.1. The lowest BCUT2D eigenvalue weighted by molar-refractivity contribution is -0.174. The van der Waals surface area contributed by atoms with Gasteiger partial charge in [0.05, 0.1) is 17.6 Å². The minimum atomic E-state index is -0.861. The quantitative estimate of drug-likeness (QED) is 0.147. The minimum Gasteiger partial charge on any atom is -0.481 e. The van der Waals surface area contributed by atoms with E-state index in [0.717, 1.165) is 62.2 Å². The van der Waals surface area contributed by atoms with Gasteiger partial charge in [0, 0.05) is 18.2 Å². The lowest BCUT2D eigenvalue weighted by Crippen LogP contribution is -2.75. The monoisotopic (exact) mass is 523 g/mol. The van der Waals surface area contributed by atoms with E-state index in [-0.39, 0.29) is 12.1 Å². The Hall–Kier alpha value is -2.05. The molecule has 1 aromatic carbocycles. The molecule has 1 N–H and O–H groups in total. The summed E-state index contributed by atoms with van der Waals surface area (Å²) >= 11 is 0. The molecule has 6 heteroatoms. The highest BCUT2D eigenvalue weighted by Crippen LogP contribution is 2.66. The van der Waals surface area contributed by atoms with Gasteiger partial charge in [0.25, 0.3) is 0 Å². The summed E-state index contributed by atoms with van der Waals surface area (Å²) in [5.74, 6) is 1.81. The van der Waals surface area contributed by atoms with Gasteiger partial charge in [-0.05, 0) is 74.6 Å². The first-order valence-electron chi connectivity index (χ1n) is 15.3.